The van der Waals surface area contributed by atoms with Gasteiger partial charge in [0.2, 0.25) is 5.91 Å². The Hall–Kier alpha value is -1.39. The van der Waals surface area contributed by atoms with Crippen molar-refractivity contribution in [3.63, 3.8) is 0 Å². The minimum atomic E-state index is -0.289. The second-order valence-electron chi connectivity index (χ2n) is 8.98. The Labute approximate surface area is 163 Å². The van der Waals surface area contributed by atoms with Gasteiger partial charge < -0.3 is 15.4 Å². The Morgan fingerprint density at radius 1 is 1.19 bits per heavy atom. The summed E-state index contributed by atoms with van der Waals surface area (Å²) in [6.07, 6.45) is 8.65. The minimum absolute atomic E-state index is 0.284. The van der Waals surface area contributed by atoms with Crippen LogP contribution in [-0.2, 0) is 14.9 Å². The Balaban J connectivity index is 1.44. The first-order valence-corrected chi connectivity index (χ1v) is 10.8. The van der Waals surface area contributed by atoms with Crippen molar-refractivity contribution in [1.29, 1.82) is 0 Å². The number of nitrogens with two attached hydrogens (primary N) is 1. The van der Waals surface area contributed by atoms with Crippen LogP contribution in [-0.4, -0.2) is 42.6 Å². The third-order valence-electron chi connectivity index (χ3n) is 7.15. The van der Waals surface area contributed by atoms with Gasteiger partial charge >= 0.3 is 0 Å². The lowest BCUT2D eigenvalue weighted by Crippen LogP contribution is -2.50. The van der Waals surface area contributed by atoms with E-state index >= 15 is 0 Å². The molecule has 3 aliphatic rings. The summed E-state index contributed by atoms with van der Waals surface area (Å²) in [5, 5.41) is 0. The first-order chi connectivity index (χ1) is 13.1. The number of piperidine rings is 1. The molecule has 4 rings (SSSR count). The van der Waals surface area contributed by atoms with Gasteiger partial charge in [-0.15, -0.1) is 0 Å². The highest BCUT2D eigenvalue weighted by Gasteiger charge is 2.46. The van der Waals surface area contributed by atoms with Crippen molar-refractivity contribution in [2.24, 2.45) is 11.7 Å². The highest BCUT2D eigenvalue weighted by molar-refractivity contribution is 5.88. The van der Waals surface area contributed by atoms with E-state index in [-0.39, 0.29) is 11.5 Å². The topological polar surface area (TPSA) is 55.6 Å². The van der Waals surface area contributed by atoms with Crippen LogP contribution in [0.1, 0.15) is 62.5 Å². The smallest absolute Gasteiger partial charge is 0.233 e. The Morgan fingerprint density at radius 3 is 2.59 bits per heavy atom. The van der Waals surface area contributed by atoms with Gasteiger partial charge in [0.05, 0.1) is 11.5 Å². The molecular formula is C23H34N2O2. The fourth-order valence-electron chi connectivity index (χ4n) is 5.51. The number of ether oxygens (including phenoxy) is 1. The predicted octanol–water partition coefficient (Wildman–Crippen LogP) is 3.55. The van der Waals surface area contributed by atoms with Gasteiger partial charge in [0.25, 0.3) is 0 Å². The van der Waals surface area contributed by atoms with Crippen molar-refractivity contribution in [2.75, 3.05) is 19.7 Å². The number of carbonyl (C=O) groups is 1. The number of likely N-dealkylation sites (tertiary alicyclic amines) is 1. The van der Waals surface area contributed by atoms with Crippen molar-refractivity contribution in [3.05, 3.63) is 35.4 Å². The maximum Gasteiger partial charge on any atom is 0.233 e. The van der Waals surface area contributed by atoms with Crippen molar-refractivity contribution < 1.29 is 9.53 Å². The third-order valence-corrected chi connectivity index (χ3v) is 7.15. The van der Waals surface area contributed by atoms with E-state index in [1.54, 1.807) is 0 Å². The summed E-state index contributed by atoms with van der Waals surface area (Å²) >= 11 is 0. The molecule has 4 heteroatoms. The number of rotatable bonds is 3. The molecule has 2 aliphatic heterocycles. The lowest BCUT2D eigenvalue weighted by Gasteiger charge is -2.42. The quantitative estimate of drug-likeness (QED) is 0.885. The molecule has 1 aliphatic carbocycles. The standard InChI is InChI=1S/C23H34N2O2/c1-17-5-4-6-19(15-17)23(10-2-3-11-23)22(26)25-12-7-18(8-13-25)21-16-20(24)9-14-27-21/h4-6,15,18,20-21H,2-3,7-14,16,24H2,1H3. The normalized spacial score (nSPS) is 29.0. The predicted molar refractivity (Wildman–Crippen MR) is 108 cm³/mol. The van der Waals surface area contributed by atoms with Crippen molar-refractivity contribution >= 4 is 5.91 Å². The van der Waals surface area contributed by atoms with Crippen molar-refractivity contribution in [2.45, 2.75) is 75.9 Å². The zero-order chi connectivity index (χ0) is 18.9. The lowest BCUT2D eigenvalue weighted by atomic mass is 9.76. The Kier molecular flexibility index (Phi) is 5.56. The molecule has 148 valence electrons. The molecule has 4 nitrogen and oxygen atoms in total. The van der Waals surface area contributed by atoms with Crippen molar-refractivity contribution in [1.82, 2.24) is 4.90 Å². The number of hydrogen-bond donors (Lipinski definition) is 1. The Bertz CT molecular complexity index is 660. The SMILES string of the molecule is Cc1cccc(C2(C(=O)N3CCC(C4CC(N)CCO4)CC3)CCCC2)c1. The second-order valence-corrected chi connectivity index (χ2v) is 8.98. The van der Waals surface area contributed by atoms with Crippen LogP contribution < -0.4 is 5.73 Å². The number of carbonyl (C=O) groups excluding carboxylic acids is 1. The average Bonchev–Trinajstić information content (AvgIpc) is 3.19. The zero-order valence-electron chi connectivity index (χ0n) is 16.7. The summed E-state index contributed by atoms with van der Waals surface area (Å²) in [5.41, 5.74) is 8.33. The van der Waals surface area contributed by atoms with E-state index in [9.17, 15) is 4.79 Å². The molecule has 27 heavy (non-hydrogen) atoms. The first-order valence-electron chi connectivity index (χ1n) is 10.8. The van der Waals surface area contributed by atoms with Crippen LogP contribution in [0.3, 0.4) is 0 Å². The van der Waals surface area contributed by atoms with Crippen LogP contribution >= 0.6 is 0 Å². The molecule has 0 bridgehead atoms. The van der Waals surface area contributed by atoms with E-state index in [1.165, 1.54) is 11.1 Å². The van der Waals surface area contributed by atoms with Gasteiger partial charge in [0.15, 0.2) is 0 Å². The number of benzene rings is 1. The van der Waals surface area contributed by atoms with Gasteiger partial charge in [-0.3, -0.25) is 4.79 Å². The summed E-state index contributed by atoms with van der Waals surface area (Å²) < 4.78 is 6.00. The van der Waals surface area contributed by atoms with Crippen molar-refractivity contribution in [3.8, 4) is 0 Å². The van der Waals surface area contributed by atoms with Gasteiger partial charge in [-0.1, -0.05) is 42.7 Å². The van der Waals surface area contributed by atoms with Gasteiger partial charge in [0, 0.05) is 25.7 Å². The van der Waals surface area contributed by atoms with E-state index in [4.69, 9.17) is 10.5 Å². The molecule has 1 aromatic rings. The van der Waals surface area contributed by atoms with E-state index in [1.807, 2.05) is 0 Å². The van der Waals surface area contributed by atoms with Crippen LogP contribution in [0.25, 0.3) is 0 Å². The third kappa shape index (κ3) is 3.79. The van der Waals surface area contributed by atoms with Gasteiger partial charge in [0.1, 0.15) is 0 Å². The highest BCUT2D eigenvalue weighted by Crippen LogP contribution is 2.43. The van der Waals surface area contributed by atoms with Crippen LogP contribution in [0.15, 0.2) is 24.3 Å². The van der Waals surface area contributed by atoms with Crippen LogP contribution in [0.2, 0.25) is 0 Å². The highest BCUT2D eigenvalue weighted by atomic mass is 16.5. The van der Waals surface area contributed by atoms with Gasteiger partial charge in [-0.05, 0) is 56.9 Å². The first kappa shape index (κ1) is 18.9. The summed E-state index contributed by atoms with van der Waals surface area (Å²) in [7, 11) is 0. The van der Waals surface area contributed by atoms with E-state index in [0.29, 0.717) is 17.9 Å². The zero-order valence-corrected chi connectivity index (χ0v) is 16.7. The molecule has 2 unspecified atom stereocenters. The number of hydrogen-bond acceptors (Lipinski definition) is 3. The minimum Gasteiger partial charge on any atom is -0.378 e. The molecule has 2 heterocycles. The largest absolute Gasteiger partial charge is 0.378 e. The summed E-state index contributed by atoms with van der Waals surface area (Å²) in [5.74, 6) is 0.921. The Morgan fingerprint density at radius 2 is 1.93 bits per heavy atom. The van der Waals surface area contributed by atoms with Crippen LogP contribution in [0.5, 0.6) is 0 Å². The van der Waals surface area contributed by atoms with Gasteiger partial charge in [-0.2, -0.15) is 0 Å². The fraction of sp³-hybridized carbons (Fsp3) is 0.696. The molecular weight excluding hydrogens is 336 g/mol. The van der Waals surface area contributed by atoms with E-state index in [0.717, 1.165) is 71.1 Å². The van der Waals surface area contributed by atoms with E-state index in [2.05, 4.69) is 36.1 Å². The summed E-state index contributed by atoms with van der Waals surface area (Å²) in [6.45, 7) is 4.65. The molecule has 2 saturated heterocycles. The maximum absolute atomic E-state index is 13.6. The number of amides is 1. The molecule has 1 saturated carbocycles. The van der Waals surface area contributed by atoms with Crippen LogP contribution in [0.4, 0.5) is 0 Å². The monoisotopic (exact) mass is 370 g/mol. The molecule has 3 fully saturated rings. The van der Waals surface area contributed by atoms with E-state index < -0.39 is 0 Å². The number of nitrogens with zero attached hydrogens (tertiary/aromatic N) is 1. The maximum atomic E-state index is 13.6. The molecule has 2 N–H and O–H groups in total. The summed E-state index contributed by atoms with van der Waals surface area (Å²) in [6, 6.07) is 8.91. The molecule has 2 atom stereocenters. The number of aryl methyl sites for hydroxylation is 1. The van der Waals surface area contributed by atoms with Gasteiger partial charge in [-0.25, -0.2) is 0 Å². The molecule has 0 spiro atoms. The molecule has 0 aromatic heterocycles. The molecule has 0 radical (unpaired) electrons. The summed E-state index contributed by atoms with van der Waals surface area (Å²) in [4.78, 5) is 15.8. The lowest BCUT2D eigenvalue weighted by molar-refractivity contribution is -0.140. The molecule has 1 amide bonds. The van der Waals surface area contributed by atoms with Crippen LogP contribution in [0, 0.1) is 12.8 Å². The fourth-order valence-corrected chi connectivity index (χ4v) is 5.51. The average molecular weight is 371 g/mol. The molecule has 1 aromatic carbocycles. The second kappa shape index (κ2) is 7.92.